The lowest BCUT2D eigenvalue weighted by molar-refractivity contribution is 0.261. The second kappa shape index (κ2) is 7.90. The zero-order chi connectivity index (χ0) is 22.4. The van der Waals surface area contributed by atoms with Gasteiger partial charge in [0.05, 0.1) is 30.1 Å². The number of nitrogens with one attached hydrogen (secondary N) is 1. The maximum absolute atomic E-state index is 5.02. The van der Waals surface area contributed by atoms with Crippen LogP contribution in [0.15, 0.2) is 77.9 Å². The summed E-state index contributed by atoms with van der Waals surface area (Å²) in [5, 5.41) is 3.68. The molecule has 0 aliphatic carbocycles. The van der Waals surface area contributed by atoms with E-state index < -0.39 is 0 Å². The van der Waals surface area contributed by atoms with E-state index in [4.69, 9.17) is 9.98 Å². The number of anilines is 2. The summed E-state index contributed by atoms with van der Waals surface area (Å²) in [4.78, 5) is 20.9. The lowest BCUT2D eigenvalue weighted by Gasteiger charge is -2.41. The Kier molecular flexibility index (Phi) is 4.73. The summed E-state index contributed by atoms with van der Waals surface area (Å²) in [6.45, 7) is 2.05. The Morgan fingerprint density at radius 1 is 1.00 bits per heavy atom. The molecule has 8 nitrogen and oxygen atoms in total. The van der Waals surface area contributed by atoms with Gasteiger partial charge in [-0.05, 0) is 42.0 Å². The van der Waals surface area contributed by atoms with E-state index >= 15 is 0 Å². The third-order valence-corrected chi connectivity index (χ3v) is 6.20. The number of hydrogen-bond acceptors (Lipinski definition) is 7. The highest BCUT2D eigenvalue weighted by molar-refractivity contribution is 5.98. The van der Waals surface area contributed by atoms with Gasteiger partial charge in [-0.2, -0.15) is 0 Å². The Labute approximate surface area is 192 Å². The summed E-state index contributed by atoms with van der Waals surface area (Å²) in [6, 6.07) is 23.0. The molecule has 4 aromatic rings. The molecule has 0 saturated heterocycles. The molecule has 2 aromatic carbocycles. The van der Waals surface area contributed by atoms with Gasteiger partial charge >= 0.3 is 0 Å². The normalized spacial score (nSPS) is 17.8. The van der Waals surface area contributed by atoms with Crippen LogP contribution in [0.5, 0.6) is 0 Å². The van der Waals surface area contributed by atoms with Gasteiger partial charge in [-0.25, -0.2) is 9.98 Å². The molecule has 1 atom stereocenters. The monoisotopic (exact) mass is 438 g/mol. The largest absolute Gasteiger partial charge is 0.378 e. The molecule has 0 amide bonds. The third-order valence-electron chi connectivity index (χ3n) is 6.20. The molecule has 166 valence electrons. The number of nitrogens with zero attached hydrogens (tertiary/aromatic N) is 7. The molecule has 0 unspecified atom stereocenters. The van der Waals surface area contributed by atoms with E-state index in [0.29, 0.717) is 13.3 Å². The first-order valence-electron chi connectivity index (χ1n) is 11.1. The Bertz CT molecular complexity index is 1310. The molecule has 0 fully saturated rings. The SMILES string of the molecule is CN(C)c1ccc([C@H]2NC3=NCN(Cc4ccccn4)CN3c3nc4ccccc4n32)cc1. The molecular weight excluding hydrogens is 412 g/mol. The first-order valence-corrected chi connectivity index (χ1v) is 11.1. The van der Waals surface area contributed by atoms with E-state index in [9.17, 15) is 0 Å². The molecule has 2 aliphatic rings. The number of hydrogen-bond donors (Lipinski definition) is 1. The maximum atomic E-state index is 5.02. The molecule has 2 aromatic heterocycles. The number of rotatable bonds is 4. The van der Waals surface area contributed by atoms with Crippen LogP contribution in [0.3, 0.4) is 0 Å². The lowest BCUT2D eigenvalue weighted by Crippen LogP contribution is -2.57. The highest BCUT2D eigenvalue weighted by Crippen LogP contribution is 2.34. The van der Waals surface area contributed by atoms with Gasteiger partial charge < -0.3 is 10.2 Å². The minimum absolute atomic E-state index is 0.0825. The van der Waals surface area contributed by atoms with Crippen LogP contribution in [0.1, 0.15) is 17.4 Å². The highest BCUT2D eigenvalue weighted by Gasteiger charge is 2.35. The van der Waals surface area contributed by atoms with Crippen molar-refractivity contribution < 1.29 is 0 Å². The zero-order valence-corrected chi connectivity index (χ0v) is 18.8. The van der Waals surface area contributed by atoms with Gasteiger partial charge in [0.1, 0.15) is 6.17 Å². The van der Waals surface area contributed by atoms with Crippen molar-refractivity contribution in [2.24, 2.45) is 4.99 Å². The van der Waals surface area contributed by atoms with Crippen molar-refractivity contribution in [3.05, 3.63) is 84.2 Å². The minimum atomic E-state index is -0.0825. The molecule has 0 bridgehead atoms. The highest BCUT2D eigenvalue weighted by atomic mass is 15.5. The molecule has 6 rings (SSSR count). The summed E-state index contributed by atoms with van der Waals surface area (Å²) < 4.78 is 2.28. The van der Waals surface area contributed by atoms with Gasteiger partial charge in [0.15, 0.2) is 0 Å². The molecule has 2 aliphatic heterocycles. The average molecular weight is 439 g/mol. The predicted octanol–water partition coefficient (Wildman–Crippen LogP) is 3.24. The Hall–Kier alpha value is -3.91. The smallest absolute Gasteiger partial charge is 0.216 e. The number of aromatic nitrogens is 3. The van der Waals surface area contributed by atoms with E-state index in [1.54, 1.807) is 0 Å². The molecule has 33 heavy (non-hydrogen) atoms. The van der Waals surface area contributed by atoms with Gasteiger partial charge in [0.2, 0.25) is 11.9 Å². The van der Waals surface area contributed by atoms with Crippen LogP contribution in [0.2, 0.25) is 0 Å². The minimum Gasteiger partial charge on any atom is -0.378 e. The predicted molar refractivity (Wildman–Crippen MR) is 131 cm³/mol. The van der Waals surface area contributed by atoms with E-state index in [2.05, 4.69) is 92.2 Å². The molecule has 1 N–H and O–H groups in total. The van der Waals surface area contributed by atoms with Crippen molar-refractivity contribution in [2.75, 3.05) is 37.2 Å². The zero-order valence-electron chi connectivity index (χ0n) is 18.8. The summed E-state index contributed by atoms with van der Waals surface area (Å²) >= 11 is 0. The number of fused-ring (bicyclic) bond motifs is 5. The van der Waals surface area contributed by atoms with E-state index in [0.717, 1.165) is 35.2 Å². The number of guanidine groups is 1. The molecular formula is C25H26N8. The van der Waals surface area contributed by atoms with Crippen LogP contribution >= 0.6 is 0 Å². The molecule has 0 saturated carbocycles. The molecule has 0 spiro atoms. The third kappa shape index (κ3) is 3.48. The fraction of sp³-hybridized carbons (Fsp3) is 0.240. The standard InChI is InChI=1S/C25H26N8/c1-30(2)20-12-10-18(11-13-20)23-29-24-27-16-31(15-19-7-5-6-14-26-19)17-32(24)25-28-21-8-3-4-9-22(21)33(23)25/h3-14,23H,15-17H2,1-2H3,(H,27,29)/t23-/m0/s1. The van der Waals surface area contributed by atoms with Crippen molar-refractivity contribution in [3.63, 3.8) is 0 Å². The fourth-order valence-corrected chi connectivity index (χ4v) is 4.52. The maximum Gasteiger partial charge on any atom is 0.216 e. The summed E-state index contributed by atoms with van der Waals surface area (Å²) in [7, 11) is 4.11. The summed E-state index contributed by atoms with van der Waals surface area (Å²) in [5.74, 6) is 1.76. The molecule has 4 heterocycles. The quantitative estimate of drug-likeness (QED) is 0.528. The van der Waals surface area contributed by atoms with Crippen LogP contribution in [0.4, 0.5) is 11.6 Å². The average Bonchev–Trinajstić information content (AvgIpc) is 3.24. The second-order valence-electron chi connectivity index (χ2n) is 8.65. The number of para-hydroxylation sites is 2. The van der Waals surface area contributed by atoms with Crippen molar-refractivity contribution in [1.82, 2.24) is 24.8 Å². The van der Waals surface area contributed by atoms with Crippen LogP contribution in [-0.2, 0) is 6.54 Å². The second-order valence-corrected chi connectivity index (χ2v) is 8.65. The van der Waals surface area contributed by atoms with Crippen molar-refractivity contribution >= 4 is 28.6 Å². The number of aliphatic imine (C=N–C) groups is 1. The van der Waals surface area contributed by atoms with Crippen molar-refractivity contribution in [3.8, 4) is 0 Å². The topological polar surface area (TPSA) is 64.8 Å². The van der Waals surface area contributed by atoms with Gasteiger partial charge in [-0.1, -0.05) is 30.3 Å². The van der Waals surface area contributed by atoms with E-state index in [1.165, 1.54) is 11.3 Å². The van der Waals surface area contributed by atoms with E-state index in [-0.39, 0.29) is 6.17 Å². The van der Waals surface area contributed by atoms with Crippen LogP contribution < -0.4 is 15.1 Å². The lowest BCUT2D eigenvalue weighted by atomic mass is 10.1. The van der Waals surface area contributed by atoms with Gasteiger partial charge in [-0.15, -0.1) is 0 Å². The summed E-state index contributed by atoms with van der Waals surface area (Å²) in [6.07, 6.45) is 1.75. The van der Waals surface area contributed by atoms with Gasteiger partial charge in [-0.3, -0.25) is 19.4 Å². The van der Waals surface area contributed by atoms with Crippen LogP contribution in [0, 0.1) is 0 Å². The van der Waals surface area contributed by atoms with Gasteiger partial charge in [0, 0.05) is 32.5 Å². The van der Waals surface area contributed by atoms with E-state index in [1.807, 2.05) is 24.4 Å². The first-order chi connectivity index (χ1) is 16.2. The molecule has 0 radical (unpaired) electrons. The van der Waals surface area contributed by atoms with Crippen molar-refractivity contribution in [2.45, 2.75) is 12.7 Å². The molecule has 8 heteroatoms. The number of benzene rings is 2. The summed E-state index contributed by atoms with van der Waals surface area (Å²) in [5.41, 5.74) is 5.46. The van der Waals surface area contributed by atoms with Gasteiger partial charge in [0.25, 0.3) is 0 Å². The van der Waals surface area contributed by atoms with Crippen molar-refractivity contribution in [1.29, 1.82) is 0 Å². The number of pyridine rings is 1. The Morgan fingerprint density at radius 2 is 1.82 bits per heavy atom. The fourth-order valence-electron chi connectivity index (χ4n) is 4.52. The number of imidazole rings is 1. The van der Waals surface area contributed by atoms with Crippen LogP contribution in [-0.4, -0.2) is 52.8 Å². The van der Waals surface area contributed by atoms with Crippen LogP contribution in [0.25, 0.3) is 11.0 Å². The first kappa shape index (κ1) is 19.8. The Balaban J connectivity index is 1.40. The Morgan fingerprint density at radius 3 is 2.61 bits per heavy atom.